The molecular weight excluding hydrogens is 342 g/mol. The number of rotatable bonds is 5. The Morgan fingerprint density at radius 2 is 2.07 bits per heavy atom. The molecule has 3 atom stereocenters. The van der Waals surface area contributed by atoms with Gasteiger partial charge >= 0.3 is 5.69 Å². The summed E-state index contributed by atoms with van der Waals surface area (Å²) in [5.41, 5.74) is 0.212. The van der Waals surface area contributed by atoms with Gasteiger partial charge in [-0.1, -0.05) is 32.4 Å². The summed E-state index contributed by atoms with van der Waals surface area (Å²) in [5.74, 6) is 2.84. The third-order valence-electron chi connectivity index (χ3n) is 6.08. The van der Waals surface area contributed by atoms with Gasteiger partial charge in [-0.15, -0.1) is 0 Å². The van der Waals surface area contributed by atoms with E-state index in [2.05, 4.69) is 28.8 Å². The van der Waals surface area contributed by atoms with Crippen LogP contribution in [-0.2, 0) is 0 Å². The van der Waals surface area contributed by atoms with E-state index in [9.17, 15) is 9.59 Å². The summed E-state index contributed by atoms with van der Waals surface area (Å²) in [4.78, 5) is 33.1. The zero-order valence-corrected chi connectivity index (χ0v) is 15.7. The van der Waals surface area contributed by atoms with Gasteiger partial charge in [0.2, 0.25) is 0 Å². The summed E-state index contributed by atoms with van der Waals surface area (Å²) < 4.78 is 6.13. The maximum Gasteiger partial charge on any atom is 0.326 e. The van der Waals surface area contributed by atoms with Gasteiger partial charge in [0.05, 0.1) is 17.5 Å². The molecule has 0 bridgehead atoms. The number of benzene rings is 1. The first-order valence-electron chi connectivity index (χ1n) is 9.73. The van der Waals surface area contributed by atoms with Crippen LogP contribution in [0.2, 0.25) is 0 Å². The lowest BCUT2D eigenvalue weighted by Gasteiger charge is -2.18. The maximum absolute atomic E-state index is 12.0. The normalized spacial score (nSPS) is 21.0. The average molecular weight is 367 g/mol. The molecule has 3 unspecified atom stereocenters. The maximum atomic E-state index is 12.0. The van der Waals surface area contributed by atoms with Gasteiger partial charge in [0.25, 0.3) is 5.56 Å². The van der Waals surface area contributed by atoms with Crippen molar-refractivity contribution < 1.29 is 4.74 Å². The number of nitrogens with zero attached hydrogens (tertiary/aromatic N) is 1. The Labute approximate surface area is 157 Å². The van der Waals surface area contributed by atoms with Gasteiger partial charge in [0.15, 0.2) is 0 Å². The number of hydrogen-bond donors (Lipinski definition) is 2. The predicted molar refractivity (Wildman–Crippen MR) is 106 cm³/mol. The number of nitrogens with one attached hydrogen (secondary N) is 2. The number of H-pyrrole nitrogens is 2. The first kappa shape index (κ1) is 17.8. The first-order valence-corrected chi connectivity index (χ1v) is 9.73. The molecule has 1 fully saturated rings. The van der Waals surface area contributed by atoms with Crippen LogP contribution in [0.5, 0.6) is 5.75 Å². The SMILES string of the molecule is CCC(C)C1CCC(COc2cccc3c2ncc2c(=O)[nH]c(=O)[nH]c23)C1. The quantitative estimate of drug-likeness (QED) is 0.675. The van der Waals surface area contributed by atoms with Crippen molar-refractivity contribution in [2.45, 2.75) is 39.5 Å². The van der Waals surface area contributed by atoms with Gasteiger partial charge in [-0.3, -0.25) is 14.8 Å². The summed E-state index contributed by atoms with van der Waals surface area (Å²) in [5, 5.41) is 1.09. The fraction of sp³-hybridized carbons (Fsp3) is 0.476. The van der Waals surface area contributed by atoms with Crippen molar-refractivity contribution >= 4 is 21.8 Å². The van der Waals surface area contributed by atoms with Gasteiger partial charge < -0.3 is 9.72 Å². The lowest BCUT2D eigenvalue weighted by molar-refractivity contribution is 0.242. The third kappa shape index (κ3) is 3.36. The highest BCUT2D eigenvalue weighted by atomic mass is 16.5. The molecule has 1 aliphatic carbocycles. The van der Waals surface area contributed by atoms with E-state index in [1.807, 2.05) is 18.2 Å². The van der Waals surface area contributed by atoms with E-state index in [-0.39, 0.29) is 0 Å². The minimum absolute atomic E-state index is 0.367. The van der Waals surface area contributed by atoms with Crippen molar-refractivity contribution in [1.29, 1.82) is 0 Å². The second-order valence-corrected chi connectivity index (χ2v) is 7.74. The van der Waals surface area contributed by atoms with Crippen LogP contribution in [0.3, 0.4) is 0 Å². The van der Waals surface area contributed by atoms with Crippen LogP contribution in [0.15, 0.2) is 34.0 Å². The molecular formula is C21H25N3O3. The molecule has 0 aliphatic heterocycles. The van der Waals surface area contributed by atoms with E-state index in [1.54, 1.807) is 0 Å². The highest BCUT2D eigenvalue weighted by Gasteiger charge is 2.28. The molecule has 4 rings (SSSR count). The van der Waals surface area contributed by atoms with Crippen LogP contribution in [0.4, 0.5) is 0 Å². The molecule has 2 N–H and O–H groups in total. The molecule has 6 heteroatoms. The second-order valence-electron chi connectivity index (χ2n) is 7.74. The lowest BCUT2D eigenvalue weighted by Crippen LogP contribution is -2.22. The Hall–Kier alpha value is -2.63. The molecule has 2 aromatic heterocycles. The van der Waals surface area contributed by atoms with Crippen LogP contribution in [0, 0.1) is 17.8 Å². The predicted octanol–water partition coefficient (Wildman–Crippen LogP) is 3.61. The van der Waals surface area contributed by atoms with Gasteiger partial charge in [-0.05, 0) is 43.1 Å². The van der Waals surface area contributed by atoms with Gasteiger partial charge in [0, 0.05) is 11.6 Å². The molecule has 1 saturated carbocycles. The van der Waals surface area contributed by atoms with E-state index in [0.717, 1.165) is 17.2 Å². The van der Waals surface area contributed by atoms with Crippen molar-refractivity contribution in [2.24, 2.45) is 17.8 Å². The molecule has 0 amide bonds. The summed E-state index contributed by atoms with van der Waals surface area (Å²) in [6.07, 6.45) is 6.44. The zero-order chi connectivity index (χ0) is 19.0. The molecule has 27 heavy (non-hydrogen) atoms. The molecule has 3 aromatic rings. The number of para-hydroxylation sites is 1. The Kier molecular flexibility index (Phi) is 4.72. The van der Waals surface area contributed by atoms with E-state index in [0.29, 0.717) is 34.7 Å². The minimum atomic E-state index is -0.520. The second kappa shape index (κ2) is 7.18. The lowest BCUT2D eigenvalue weighted by atomic mass is 9.90. The third-order valence-corrected chi connectivity index (χ3v) is 6.08. The van der Waals surface area contributed by atoms with Crippen molar-refractivity contribution in [3.63, 3.8) is 0 Å². The number of pyridine rings is 1. The Balaban J connectivity index is 1.61. The molecule has 2 heterocycles. The van der Waals surface area contributed by atoms with Crippen LogP contribution in [-0.4, -0.2) is 21.6 Å². The molecule has 0 radical (unpaired) electrons. The fourth-order valence-corrected chi connectivity index (χ4v) is 4.26. The van der Waals surface area contributed by atoms with Crippen molar-refractivity contribution in [3.8, 4) is 5.75 Å². The zero-order valence-electron chi connectivity index (χ0n) is 15.7. The van der Waals surface area contributed by atoms with Crippen molar-refractivity contribution in [2.75, 3.05) is 6.61 Å². The van der Waals surface area contributed by atoms with Gasteiger partial charge in [-0.2, -0.15) is 0 Å². The summed E-state index contributed by atoms with van der Waals surface area (Å²) >= 11 is 0. The number of aromatic nitrogens is 3. The number of hydrogen-bond acceptors (Lipinski definition) is 4. The van der Waals surface area contributed by atoms with Crippen molar-refractivity contribution in [3.05, 3.63) is 45.2 Å². The van der Waals surface area contributed by atoms with Gasteiger partial charge in [0.1, 0.15) is 11.3 Å². The summed E-state index contributed by atoms with van der Waals surface area (Å²) in [6.45, 7) is 5.28. The number of ether oxygens (including phenoxy) is 1. The molecule has 1 aromatic carbocycles. The fourth-order valence-electron chi connectivity index (χ4n) is 4.26. The van der Waals surface area contributed by atoms with E-state index in [1.165, 1.54) is 31.9 Å². The van der Waals surface area contributed by atoms with Crippen LogP contribution >= 0.6 is 0 Å². The first-order chi connectivity index (χ1) is 13.1. The summed E-state index contributed by atoms with van der Waals surface area (Å²) in [7, 11) is 0. The standard InChI is InChI=1S/C21H25N3O3/c1-3-12(2)14-8-7-13(9-14)11-27-17-6-4-5-15-18-16(10-22-19(15)17)20(25)24-21(26)23-18/h4-6,10,12-14H,3,7-9,11H2,1-2H3,(H2,23,24,25,26). The van der Waals surface area contributed by atoms with Crippen LogP contribution in [0.25, 0.3) is 21.8 Å². The van der Waals surface area contributed by atoms with E-state index in [4.69, 9.17) is 4.74 Å². The molecule has 6 nitrogen and oxygen atoms in total. The smallest absolute Gasteiger partial charge is 0.326 e. The van der Waals surface area contributed by atoms with E-state index >= 15 is 0 Å². The number of aromatic amines is 2. The van der Waals surface area contributed by atoms with Crippen molar-refractivity contribution in [1.82, 2.24) is 15.0 Å². The van der Waals surface area contributed by atoms with Crippen LogP contribution < -0.4 is 16.0 Å². The topological polar surface area (TPSA) is 87.8 Å². The number of fused-ring (bicyclic) bond motifs is 3. The van der Waals surface area contributed by atoms with Gasteiger partial charge in [-0.25, -0.2) is 4.79 Å². The Bertz CT molecular complexity index is 1090. The van der Waals surface area contributed by atoms with Crippen LogP contribution in [0.1, 0.15) is 39.5 Å². The molecule has 1 aliphatic rings. The van der Waals surface area contributed by atoms with E-state index < -0.39 is 11.2 Å². The highest BCUT2D eigenvalue weighted by molar-refractivity contribution is 6.04. The largest absolute Gasteiger partial charge is 0.491 e. The molecule has 142 valence electrons. The Morgan fingerprint density at radius 3 is 2.89 bits per heavy atom. The molecule has 0 saturated heterocycles. The summed E-state index contributed by atoms with van der Waals surface area (Å²) in [6, 6.07) is 5.61. The average Bonchev–Trinajstić information content (AvgIpc) is 3.14. The highest BCUT2D eigenvalue weighted by Crippen LogP contribution is 2.37. The Morgan fingerprint density at radius 1 is 1.22 bits per heavy atom. The molecule has 0 spiro atoms. The minimum Gasteiger partial charge on any atom is -0.491 e. The monoisotopic (exact) mass is 367 g/mol.